The van der Waals surface area contributed by atoms with Gasteiger partial charge in [0, 0.05) is 24.0 Å². The Balaban J connectivity index is 2.40. The molecule has 0 atom stereocenters. The maximum Gasteiger partial charge on any atom is 0.164 e. The summed E-state index contributed by atoms with van der Waals surface area (Å²) in [5.41, 5.74) is 0.977. The number of hydrogen-bond acceptors (Lipinski definition) is 3. The van der Waals surface area contributed by atoms with Gasteiger partial charge in [-0.15, -0.1) is 11.3 Å². The van der Waals surface area contributed by atoms with Crippen molar-refractivity contribution in [1.29, 1.82) is 0 Å². The molecular formula is C13H18N2S2. The fraction of sp³-hybridized carbons (Fsp3) is 0.308. The summed E-state index contributed by atoms with van der Waals surface area (Å²) in [6.07, 6.45) is 4.01. The summed E-state index contributed by atoms with van der Waals surface area (Å²) < 4.78 is 0. The van der Waals surface area contributed by atoms with Gasteiger partial charge in [0.05, 0.1) is 0 Å². The molecule has 1 rings (SSSR count). The van der Waals surface area contributed by atoms with Crippen molar-refractivity contribution < 1.29 is 0 Å². The molecule has 0 aromatic carbocycles. The molecule has 4 heteroatoms. The van der Waals surface area contributed by atoms with Crippen molar-refractivity contribution in [2.24, 2.45) is 4.99 Å². The normalized spacial score (nSPS) is 12.0. The van der Waals surface area contributed by atoms with E-state index in [9.17, 15) is 0 Å². The summed E-state index contributed by atoms with van der Waals surface area (Å²) in [4.78, 5) is 5.50. The Labute approximate surface area is 112 Å². The van der Waals surface area contributed by atoms with E-state index in [1.807, 2.05) is 5.41 Å². The number of allylic oxidation sites excluding steroid dienone is 2. The molecule has 17 heavy (non-hydrogen) atoms. The lowest BCUT2D eigenvalue weighted by molar-refractivity contribution is 1.04. The number of rotatable bonds is 5. The summed E-state index contributed by atoms with van der Waals surface area (Å²) in [7, 11) is 1.79. The highest BCUT2D eigenvalue weighted by atomic mass is 32.2. The van der Waals surface area contributed by atoms with Crippen molar-refractivity contribution in [2.75, 3.05) is 7.05 Å². The predicted molar refractivity (Wildman–Crippen MR) is 80.7 cm³/mol. The largest absolute Gasteiger partial charge is 0.339 e. The molecule has 0 bridgehead atoms. The van der Waals surface area contributed by atoms with E-state index >= 15 is 0 Å². The van der Waals surface area contributed by atoms with Gasteiger partial charge in [-0.25, -0.2) is 0 Å². The Morgan fingerprint density at radius 2 is 2.47 bits per heavy atom. The molecule has 0 aliphatic rings. The molecule has 0 amide bonds. The van der Waals surface area contributed by atoms with Crippen molar-refractivity contribution >= 4 is 28.3 Å². The van der Waals surface area contributed by atoms with Crippen LogP contribution in [-0.2, 0) is 6.42 Å². The summed E-state index contributed by atoms with van der Waals surface area (Å²) in [5, 5.41) is 8.25. The maximum atomic E-state index is 4.19. The second-order valence-corrected chi connectivity index (χ2v) is 5.34. The van der Waals surface area contributed by atoms with Crippen LogP contribution in [0.5, 0.6) is 0 Å². The molecule has 1 N–H and O–H groups in total. The van der Waals surface area contributed by atoms with Crippen LogP contribution in [0.4, 0.5) is 0 Å². The Hall–Kier alpha value is -1.00. The Bertz CT molecular complexity index is 392. The molecule has 0 aliphatic heterocycles. The van der Waals surface area contributed by atoms with Crippen LogP contribution in [0.2, 0.25) is 0 Å². The third kappa shape index (κ3) is 5.75. The highest BCUT2D eigenvalue weighted by molar-refractivity contribution is 8.16. The number of thiophene rings is 1. The van der Waals surface area contributed by atoms with E-state index in [0.717, 1.165) is 23.7 Å². The van der Waals surface area contributed by atoms with E-state index in [0.29, 0.717) is 0 Å². The molecule has 1 heterocycles. The molecule has 0 fully saturated rings. The zero-order valence-corrected chi connectivity index (χ0v) is 11.9. The lowest BCUT2D eigenvalue weighted by atomic mass is 10.3. The monoisotopic (exact) mass is 266 g/mol. The van der Waals surface area contributed by atoms with Crippen LogP contribution < -0.4 is 5.32 Å². The summed E-state index contributed by atoms with van der Waals surface area (Å²) in [5.74, 6) is 0. The molecule has 0 aliphatic carbocycles. The summed E-state index contributed by atoms with van der Waals surface area (Å²) in [6, 6.07) is 4.17. The average Bonchev–Trinajstić information content (AvgIpc) is 2.80. The summed E-state index contributed by atoms with van der Waals surface area (Å²) >= 11 is 3.33. The molecule has 0 unspecified atom stereocenters. The minimum Gasteiger partial charge on any atom is -0.339 e. The molecule has 0 saturated heterocycles. The standard InChI is InChI=1S/C13H18N2S2/c1-4-5-8-17-13(14-3)15-11(2)10-12-7-6-9-16-12/h5-9H,2,4,10H2,1,3H3,(H,14,15)/b8-5+. The zero-order valence-electron chi connectivity index (χ0n) is 10.3. The van der Waals surface area contributed by atoms with Crippen molar-refractivity contribution in [3.63, 3.8) is 0 Å². The van der Waals surface area contributed by atoms with Crippen LogP contribution in [0.15, 0.2) is 46.3 Å². The van der Waals surface area contributed by atoms with Crippen molar-refractivity contribution in [2.45, 2.75) is 19.8 Å². The fourth-order valence-electron chi connectivity index (χ4n) is 1.17. The topological polar surface area (TPSA) is 24.4 Å². The SMILES string of the molecule is C=C(Cc1cccs1)NC(=NC)S/C=C/CC. The van der Waals surface area contributed by atoms with Gasteiger partial charge in [0.15, 0.2) is 5.17 Å². The summed E-state index contributed by atoms with van der Waals surface area (Å²) in [6.45, 7) is 6.14. The Morgan fingerprint density at radius 1 is 1.65 bits per heavy atom. The number of aliphatic imine (C=N–C) groups is 1. The first-order valence-electron chi connectivity index (χ1n) is 5.52. The lowest BCUT2D eigenvalue weighted by Gasteiger charge is -2.08. The van der Waals surface area contributed by atoms with Crippen LogP contribution in [0, 0.1) is 0 Å². The van der Waals surface area contributed by atoms with Crippen LogP contribution >= 0.6 is 23.1 Å². The van der Waals surface area contributed by atoms with Crippen LogP contribution in [0.1, 0.15) is 18.2 Å². The number of thioether (sulfide) groups is 1. The van der Waals surface area contributed by atoms with Gasteiger partial charge < -0.3 is 5.32 Å². The second-order valence-electron chi connectivity index (χ2n) is 3.41. The van der Waals surface area contributed by atoms with Gasteiger partial charge in [-0.05, 0) is 23.3 Å². The van der Waals surface area contributed by atoms with Gasteiger partial charge in [0.2, 0.25) is 0 Å². The first-order chi connectivity index (χ1) is 8.26. The molecule has 0 radical (unpaired) electrons. The number of hydrogen-bond donors (Lipinski definition) is 1. The van der Waals surface area contributed by atoms with E-state index < -0.39 is 0 Å². The molecule has 0 saturated carbocycles. The van der Waals surface area contributed by atoms with Gasteiger partial charge in [-0.3, -0.25) is 4.99 Å². The number of nitrogens with zero attached hydrogens (tertiary/aromatic N) is 1. The smallest absolute Gasteiger partial charge is 0.164 e. The second kappa shape index (κ2) is 8.14. The molecule has 0 spiro atoms. The van der Waals surface area contributed by atoms with E-state index in [1.165, 1.54) is 4.88 Å². The minimum absolute atomic E-state index is 0.856. The van der Waals surface area contributed by atoms with Gasteiger partial charge in [0.25, 0.3) is 0 Å². The van der Waals surface area contributed by atoms with E-state index in [4.69, 9.17) is 0 Å². The third-order valence-corrected chi connectivity index (χ3v) is 3.68. The first-order valence-corrected chi connectivity index (χ1v) is 7.27. The molecule has 1 aromatic heterocycles. The average molecular weight is 266 g/mol. The Morgan fingerprint density at radius 3 is 3.06 bits per heavy atom. The first kappa shape index (κ1) is 14.1. The van der Waals surface area contributed by atoms with Gasteiger partial charge >= 0.3 is 0 Å². The lowest BCUT2D eigenvalue weighted by Crippen LogP contribution is -2.19. The fourth-order valence-corrected chi connectivity index (χ4v) is 2.64. The Kier molecular flexibility index (Phi) is 6.74. The van der Waals surface area contributed by atoms with Crippen LogP contribution in [0.25, 0.3) is 0 Å². The maximum absolute atomic E-state index is 4.19. The van der Waals surface area contributed by atoms with E-state index in [2.05, 4.69) is 47.4 Å². The van der Waals surface area contributed by atoms with Gasteiger partial charge in [-0.2, -0.15) is 0 Å². The molecule has 92 valence electrons. The molecule has 1 aromatic rings. The van der Waals surface area contributed by atoms with E-state index in [1.54, 1.807) is 30.1 Å². The third-order valence-electron chi connectivity index (χ3n) is 1.97. The zero-order chi connectivity index (χ0) is 12.5. The van der Waals surface area contributed by atoms with Gasteiger partial charge in [-0.1, -0.05) is 37.4 Å². The number of amidine groups is 1. The predicted octanol–water partition coefficient (Wildman–Crippen LogP) is 4.04. The quantitative estimate of drug-likeness (QED) is 0.642. The highest BCUT2D eigenvalue weighted by Crippen LogP contribution is 2.13. The molecular weight excluding hydrogens is 248 g/mol. The van der Waals surface area contributed by atoms with Crippen molar-refractivity contribution in [3.8, 4) is 0 Å². The van der Waals surface area contributed by atoms with Crippen LogP contribution in [0.3, 0.4) is 0 Å². The van der Waals surface area contributed by atoms with Crippen molar-refractivity contribution in [3.05, 3.63) is 46.1 Å². The van der Waals surface area contributed by atoms with Crippen molar-refractivity contribution in [1.82, 2.24) is 5.32 Å². The van der Waals surface area contributed by atoms with Crippen LogP contribution in [-0.4, -0.2) is 12.2 Å². The highest BCUT2D eigenvalue weighted by Gasteiger charge is 2.01. The minimum atomic E-state index is 0.856. The van der Waals surface area contributed by atoms with Gasteiger partial charge in [0.1, 0.15) is 0 Å². The van der Waals surface area contributed by atoms with E-state index in [-0.39, 0.29) is 0 Å². The number of nitrogens with one attached hydrogen (secondary N) is 1. The molecule has 2 nitrogen and oxygen atoms in total.